The van der Waals surface area contributed by atoms with Crippen molar-refractivity contribution in [3.63, 3.8) is 0 Å². The molecule has 5 heteroatoms. The monoisotopic (exact) mass is 262 g/mol. The summed E-state index contributed by atoms with van der Waals surface area (Å²) in [6.07, 6.45) is 8.25. The number of nitrogens with one attached hydrogen (secondary N) is 1. The van der Waals surface area contributed by atoms with Crippen molar-refractivity contribution < 1.29 is 14.3 Å². The van der Waals surface area contributed by atoms with Crippen LogP contribution >= 0.6 is 0 Å². The van der Waals surface area contributed by atoms with Gasteiger partial charge >= 0.3 is 11.9 Å². The number of aromatic nitrogens is 2. The van der Waals surface area contributed by atoms with E-state index in [1.807, 2.05) is 19.2 Å². The Kier molecular flexibility index (Phi) is 4.14. The van der Waals surface area contributed by atoms with E-state index >= 15 is 0 Å². The summed E-state index contributed by atoms with van der Waals surface area (Å²) in [7, 11) is 0. The van der Waals surface area contributed by atoms with Gasteiger partial charge in [-0.15, -0.1) is 0 Å². The topological polar surface area (TPSA) is 72.1 Å². The first-order chi connectivity index (χ1) is 9.11. The molecule has 1 fully saturated rings. The molecule has 2 aliphatic rings. The SMILES string of the molecule is CCc1nc(C)c[nH]1.O=C1OC(=O)C2CCC=CC12. The number of ether oxygens (including phenoxy) is 1. The molecule has 2 heterocycles. The predicted molar refractivity (Wildman–Crippen MR) is 69.2 cm³/mol. The fraction of sp³-hybridized carbons (Fsp3) is 0.500. The molecule has 0 saturated carbocycles. The van der Waals surface area contributed by atoms with Gasteiger partial charge in [-0.2, -0.15) is 0 Å². The molecule has 2 atom stereocenters. The Balaban J connectivity index is 0.000000148. The quantitative estimate of drug-likeness (QED) is 0.477. The maximum atomic E-state index is 10.9. The maximum absolute atomic E-state index is 10.9. The van der Waals surface area contributed by atoms with Gasteiger partial charge in [0.05, 0.1) is 17.5 Å². The molecule has 1 aromatic heterocycles. The van der Waals surface area contributed by atoms with E-state index in [0.717, 1.165) is 30.8 Å². The zero-order chi connectivity index (χ0) is 13.8. The first-order valence-electron chi connectivity index (χ1n) is 6.55. The Morgan fingerprint density at radius 3 is 2.74 bits per heavy atom. The number of rotatable bonds is 1. The number of aryl methyl sites for hydroxylation is 2. The summed E-state index contributed by atoms with van der Waals surface area (Å²) in [5.41, 5.74) is 1.07. The number of H-pyrrole nitrogens is 1. The number of aromatic amines is 1. The lowest BCUT2D eigenvalue weighted by molar-refractivity contribution is -0.153. The first kappa shape index (κ1) is 13.5. The smallest absolute Gasteiger partial charge is 0.321 e. The van der Waals surface area contributed by atoms with Gasteiger partial charge in [0.25, 0.3) is 0 Å². The van der Waals surface area contributed by atoms with E-state index in [4.69, 9.17) is 0 Å². The van der Waals surface area contributed by atoms with Gasteiger partial charge < -0.3 is 9.72 Å². The number of imidazole rings is 1. The van der Waals surface area contributed by atoms with Crippen molar-refractivity contribution in [1.29, 1.82) is 0 Å². The van der Waals surface area contributed by atoms with E-state index in [-0.39, 0.29) is 23.8 Å². The lowest BCUT2D eigenvalue weighted by Crippen LogP contribution is -2.17. The van der Waals surface area contributed by atoms with E-state index in [2.05, 4.69) is 21.6 Å². The standard InChI is InChI=1S/C8H8O3.C6H10N2/c9-7-5-3-1-2-4-6(5)8(10)11-7;1-3-6-7-4-5(2)8-6/h1,3,5-6H,2,4H2;4H,3H2,1-2H3,(H,7,8). The van der Waals surface area contributed by atoms with Crippen LogP contribution in [-0.4, -0.2) is 21.9 Å². The molecule has 0 bridgehead atoms. The van der Waals surface area contributed by atoms with Gasteiger partial charge in [-0.3, -0.25) is 9.59 Å². The number of fused-ring (bicyclic) bond motifs is 1. The third kappa shape index (κ3) is 3.10. The van der Waals surface area contributed by atoms with Crippen molar-refractivity contribution in [2.24, 2.45) is 11.8 Å². The van der Waals surface area contributed by atoms with E-state index < -0.39 is 0 Å². The van der Waals surface area contributed by atoms with Crippen LogP contribution < -0.4 is 0 Å². The molecule has 0 aromatic carbocycles. The normalized spacial score (nSPS) is 24.5. The summed E-state index contributed by atoms with van der Waals surface area (Å²) in [4.78, 5) is 29.1. The second-order valence-corrected chi connectivity index (χ2v) is 4.72. The molecule has 19 heavy (non-hydrogen) atoms. The third-order valence-electron chi connectivity index (χ3n) is 3.29. The van der Waals surface area contributed by atoms with Crippen molar-refractivity contribution in [3.05, 3.63) is 29.9 Å². The van der Waals surface area contributed by atoms with Crippen molar-refractivity contribution in [2.45, 2.75) is 33.1 Å². The largest absolute Gasteiger partial charge is 0.392 e. The van der Waals surface area contributed by atoms with E-state index in [9.17, 15) is 9.59 Å². The molecule has 1 aliphatic carbocycles. The van der Waals surface area contributed by atoms with E-state index in [1.165, 1.54) is 0 Å². The number of allylic oxidation sites excluding steroid dienone is 1. The molecule has 5 nitrogen and oxygen atoms in total. The van der Waals surface area contributed by atoms with Crippen LogP contribution in [0.1, 0.15) is 31.3 Å². The van der Waals surface area contributed by atoms with Gasteiger partial charge in [-0.25, -0.2) is 4.98 Å². The summed E-state index contributed by atoms with van der Waals surface area (Å²) in [6, 6.07) is 0. The molecule has 3 rings (SSSR count). The van der Waals surface area contributed by atoms with Crippen LogP contribution in [0.5, 0.6) is 0 Å². The first-order valence-corrected chi connectivity index (χ1v) is 6.55. The van der Waals surface area contributed by atoms with Gasteiger partial charge in [0.15, 0.2) is 0 Å². The summed E-state index contributed by atoms with van der Waals surface area (Å²) < 4.78 is 4.48. The van der Waals surface area contributed by atoms with Gasteiger partial charge in [0.2, 0.25) is 0 Å². The molecule has 0 spiro atoms. The number of nitrogens with zero attached hydrogens (tertiary/aromatic N) is 1. The highest BCUT2D eigenvalue weighted by Crippen LogP contribution is 2.32. The summed E-state index contributed by atoms with van der Waals surface area (Å²) in [6.45, 7) is 4.06. The Hall–Kier alpha value is -1.91. The van der Waals surface area contributed by atoms with Crippen molar-refractivity contribution >= 4 is 11.9 Å². The molecule has 2 unspecified atom stereocenters. The number of esters is 2. The van der Waals surface area contributed by atoms with Crippen molar-refractivity contribution in [1.82, 2.24) is 9.97 Å². The van der Waals surface area contributed by atoms with Crippen LogP contribution in [0.2, 0.25) is 0 Å². The molecule has 0 amide bonds. The number of carbonyl (C=O) groups is 2. The van der Waals surface area contributed by atoms with Gasteiger partial charge in [0.1, 0.15) is 5.82 Å². The number of carbonyl (C=O) groups excluding carboxylic acids is 2. The predicted octanol–water partition coefficient (Wildman–Crippen LogP) is 1.93. The third-order valence-corrected chi connectivity index (χ3v) is 3.29. The minimum absolute atomic E-state index is 0.188. The highest BCUT2D eigenvalue weighted by Gasteiger charge is 2.43. The Labute approximate surface area is 112 Å². The Morgan fingerprint density at radius 1 is 1.42 bits per heavy atom. The molecular weight excluding hydrogens is 244 g/mol. The lowest BCUT2D eigenvalue weighted by Gasteiger charge is -2.12. The molecule has 1 saturated heterocycles. The van der Waals surface area contributed by atoms with Crippen LogP contribution in [0, 0.1) is 18.8 Å². The molecule has 1 aliphatic heterocycles. The average Bonchev–Trinajstić information content (AvgIpc) is 2.96. The van der Waals surface area contributed by atoms with Crippen LogP contribution in [0.25, 0.3) is 0 Å². The van der Waals surface area contributed by atoms with Crippen LogP contribution in [0.3, 0.4) is 0 Å². The summed E-state index contributed by atoms with van der Waals surface area (Å²) >= 11 is 0. The van der Waals surface area contributed by atoms with Gasteiger partial charge in [0, 0.05) is 12.6 Å². The minimum atomic E-state index is -0.379. The molecule has 1 aromatic rings. The zero-order valence-corrected chi connectivity index (χ0v) is 11.2. The molecule has 0 radical (unpaired) electrons. The molecule has 1 N–H and O–H groups in total. The molecule has 102 valence electrons. The fourth-order valence-corrected chi connectivity index (χ4v) is 2.23. The van der Waals surface area contributed by atoms with Crippen molar-refractivity contribution in [2.75, 3.05) is 0 Å². The second kappa shape index (κ2) is 5.82. The zero-order valence-electron chi connectivity index (χ0n) is 11.2. The average molecular weight is 262 g/mol. The number of hydrogen-bond donors (Lipinski definition) is 1. The van der Waals surface area contributed by atoms with Gasteiger partial charge in [-0.05, 0) is 19.8 Å². The maximum Gasteiger partial charge on any atom is 0.321 e. The lowest BCUT2D eigenvalue weighted by atomic mass is 9.86. The highest BCUT2D eigenvalue weighted by atomic mass is 16.6. The second-order valence-electron chi connectivity index (χ2n) is 4.72. The Morgan fingerprint density at radius 2 is 2.21 bits per heavy atom. The molecular formula is C14H18N2O3. The highest BCUT2D eigenvalue weighted by molar-refractivity contribution is 5.97. The number of cyclic esters (lactones) is 2. The van der Waals surface area contributed by atoms with Crippen molar-refractivity contribution in [3.8, 4) is 0 Å². The fourth-order valence-electron chi connectivity index (χ4n) is 2.23. The summed E-state index contributed by atoms with van der Waals surface area (Å²) in [5, 5.41) is 0. The van der Waals surface area contributed by atoms with Gasteiger partial charge in [-0.1, -0.05) is 19.1 Å². The van der Waals surface area contributed by atoms with Crippen LogP contribution in [0.4, 0.5) is 0 Å². The van der Waals surface area contributed by atoms with Crippen LogP contribution in [-0.2, 0) is 20.7 Å². The minimum Gasteiger partial charge on any atom is -0.392 e. The Bertz CT molecular complexity index is 505. The van der Waals surface area contributed by atoms with E-state index in [1.54, 1.807) is 6.08 Å². The van der Waals surface area contributed by atoms with Crippen LogP contribution in [0.15, 0.2) is 18.3 Å². The van der Waals surface area contributed by atoms with E-state index in [0.29, 0.717) is 0 Å². The number of hydrogen-bond acceptors (Lipinski definition) is 4. The summed E-state index contributed by atoms with van der Waals surface area (Å²) in [5.74, 6) is -0.119.